The van der Waals surface area contributed by atoms with Crippen molar-refractivity contribution in [2.45, 2.75) is 24.8 Å². The Morgan fingerprint density at radius 1 is 1.33 bits per heavy atom. The molecule has 6 heteroatoms. The molecule has 2 N–H and O–H groups in total. The van der Waals surface area contributed by atoms with Crippen molar-refractivity contribution < 1.29 is 14.4 Å². The van der Waals surface area contributed by atoms with Gasteiger partial charge in [-0.05, 0) is 24.0 Å². The molecule has 3 rings (SSSR count). The predicted octanol–water partition coefficient (Wildman–Crippen LogP) is 0.212. The topological polar surface area (TPSA) is 78.5 Å². The second-order valence-electron chi connectivity index (χ2n) is 5.52. The normalized spacial score (nSPS) is 24.0. The average molecular weight is 287 g/mol. The third kappa shape index (κ3) is 2.16. The van der Waals surface area contributed by atoms with Gasteiger partial charge in [0, 0.05) is 13.5 Å². The molecule has 21 heavy (non-hydrogen) atoms. The zero-order chi connectivity index (χ0) is 15.0. The van der Waals surface area contributed by atoms with Gasteiger partial charge in [0.1, 0.15) is 12.1 Å². The van der Waals surface area contributed by atoms with E-state index in [0.29, 0.717) is 12.8 Å². The van der Waals surface area contributed by atoms with Crippen molar-refractivity contribution in [3.05, 3.63) is 35.4 Å². The van der Waals surface area contributed by atoms with Crippen LogP contribution in [0.1, 0.15) is 17.5 Å². The van der Waals surface area contributed by atoms with Crippen LogP contribution in [0.5, 0.6) is 0 Å². The number of fused-ring (bicyclic) bond motifs is 1. The summed E-state index contributed by atoms with van der Waals surface area (Å²) in [6.45, 7) is -0.232. The molecule has 4 amide bonds. The first-order valence-electron chi connectivity index (χ1n) is 6.97. The van der Waals surface area contributed by atoms with Gasteiger partial charge < -0.3 is 10.6 Å². The van der Waals surface area contributed by atoms with Crippen LogP contribution in [0.3, 0.4) is 0 Å². The van der Waals surface area contributed by atoms with E-state index in [1.807, 2.05) is 24.3 Å². The highest BCUT2D eigenvalue weighted by molar-refractivity contribution is 6.09. The summed E-state index contributed by atoms with van der Waals surface area (Å²) < 4.78 is 0. The number of carbonyl (C=O) groups is 3. The van der Waals surface area contributed by atoms with Crippen molar-refractivity contribution in [1.29, 1.82) is 0 Å². The highest BCUT2D eigenvalue weighted by Crippen LogP contribution is 2.33. The van der Waals surface area contributed by atoms with E-state index in [1.165, 1.54) is 12.6 Å². The molecule has 0 bridgehead atoms. The Labute approximate surface area is 122 Å². The second kappa shape index (κ2) is 4.87. The van der Waals surface area contributed by atoms with Gasteiger partial charge in [-0.2, -0.15) is 0 Å². The van der Waals surface area contributed by atoms with Crippen LogP contribution in [-0.4, -0.2) is 41.9 Å². The smallest absolute Gasteiger partial charge is 0.325 e. The predicted molar refractivity (Wildman–Crippen MR) is 75.5 cm³/mol. The number of urea groups is 1. The SMILES string of the molecule is CNC(=O)CN1C(=O)N[C@@]2(CCc3ccccc3C2)C1=O. The van der Waals surface area contributed by atoms with E-state index in [-0.39, 0.29) is 18.4 Å². The summed E-state index contributed by atoms with van der Waals surface area (Å²) in [4.78, 5) is 37.1. The number of benzene rings is 1. The number of carbonyl (C=O) groups excluding carboxylic acids is 3. The van der Waals surface area contributed by atoms with Gasteiger partial charge in [-0.25, -0.2) is 4.79 Å². The number of amides is 4. The van der Waals surface area contributed by atoms with Crippen molar-refractivity contribution in [3.63, 3.8) is 0 Å². The number of nitrogens with one attached hydrogen (secondary N) is 2. The number of aryl methyl sites for hydroxylation is 1. The van der Waals surface area contributed by atoms with Gasteiger partial charge in [0.2, 0.25) is 5.91 Å². The molecule has 0 unspecified atom stereocenters. The minimum Gasteiger partial charge on any atom is -0.358 e. The van der Waals surface area contributed by atoms with Crippen molar-refractivity contribution in [1.82, 2.24) is 15.5 Å². The summed E-state index contributed by atoms with van der Waals surface area (Å²) in [5.74, 6) is -0.655. The van der Waals surface area contributed by atoms with Crippen LogP contribution in [0.4, 0.5) is 4.79 Å². The number of rotatable bonds is 2. The fraction of sp³-hybridized carbons (Fsp3) is 0.400. The van der Waals surface area contributed by atoms with Gasteiger partial charge >= 0.3 is 6.03 Å². The first-order valence-corrected chi connectivity index (χ1v) is 6.97. The van der Waals surface area contributed by atoms with Crippen LogP contribution < -0.4 is 10.6 Å². The molecule has 1 aliphatic carbocycles. The molecular formula is C15H17N3O3. The Kier molecular flexibility index (Phi) is 3.16. The monoisotopic (exact) mass is 287 g/mol. The Balaban J connectivity index is 1.86. The summed E-state index contributed by atoms with van der Waals surface area (Å²) in [5.41, 5.74) is 1.41. The lowest BCUT2D eigenvalue weighted by molar-refractivity contribution is -0.135. The molecule has 1 fully saturated rings. The molecule has 6 nitrogen and oxygen atoms in total. The van der Waals surface area contributed by atoms with Crippen molar-refractivity contribution in [2.24, 2.45) is 0 Å². The standard InChI is InChI=1S/C15H17N3O3/c1-16-12(19)9-18-13(20)15(17-14(18)21)7-6-10-4-2-3-5-11(10)8-15/h2-5H,6-9H2,1H3,(H,16,19)(H,17,21)/t15-/m1/s1. The molecule has 1 saturated heterocycles. The average Bonchev–Trinajstić information content (AvgIpc) is 2.71. The van der Waals surface area contributed by atoms with E-state index in [4.69, 9.17) is 0 Å². The molecule has 1 heterocycles. The number of nitrogens with zero attached hydrogens (tertiary/aromatic N) is 1. The van der Waals surface area contributed by atoms with Crippen LogP contribution in [0, 0.1) is 0 Å². The Morgan fingerprint density at radius 2 is 2.05 bits per heavy atom. The van der Waals surface area contributed by atoms with Crippen LogP contribution in [0.15, 0.2) is 24.3 Å². The maximum Gasteiger partial charge on any atom is 0.325 e. The third-order valence-electron chi connectivity index (χ3n) is 4.26. The first kappa shape index (κ1) is 13.6. The largest absolute Gasteiger partial charge is 0.358 e. The van der Waals surface area contributed by atoms with E-state index in [0.717, 1.165) is 16.9 Å². The minimum absolute atomic E-state index is 0.232. The lowest BCUT2D eigenvalue weighted by Gasteiger charge is -2.32. The molecule has 1 aromatic rings. The maximum atomic E-state index is 12.6. The summed E-state index contributed by atoms with van der Waals surface area (Å²) in [6, 6.07) is 7.46. The second-order valence-corrected chi connectivity index (χ2v) is 5.52. The Morgan fingerprint density at radius 3 is 2.76 bits per heavy atom. The fourth-order valence-electron chi connectivity index (χ4n) is 3.07. The van der Waals surface area contributed by atoms with E-state index in [2.05, 4.69) is 10.6 Å². The van der Waals surface area contributed by atoms with E-state index in [9.17, 15) is 14.4 Å². The van der Waals surface area contributed by atoms with Gasteiger partial charge in [-0.1, -0.05) is 24.3 Å². The molecule has 0 aromatic heterocycles. The van der Waals surface area contributed by atoms with Gasteiger partial charge in [-0.15, -0.1) is 0 Å². The van der Waals surface area contributed by atoms with E-state index < -0.39 is 11.6 Å². The summed E-state index contributed by atoms with van der Waals surface area (Å²) >= 11 is 0. The van der Waals surface area contributed by atoms with Crippen LogP contribution in [0.25, 0.3) is 0 Å². The van der Waals surface area contributed by atoms with Crippen molar-refractivity contribution in [2.75, 3.05) is 13.6 Å². The molecular weight excluding hydrogens is 270 g/mol. The molecule has 0 radical (unpaired) electrons. The zero-order valence-electron chi connectivity index (χ0n) is 11.8. The highest BCUT2D eigenvalue weighted by Gasteiger charge is 2.52. The van der Waals surface area contributed by atoms with E-state index in [1.54, 1.807) is 0 Å². The molecule has 1 aliphatic heterocycles. The minimum atomic E-state index is -0.889. The third-order valence-corrected chi connectivity index (χ3v) is 4.26. The summed E-state index contributed by atoms with van der Waals surface area (Å²) in [6.07, 6.45) is 1.80. The highest BCUT2D eigenvalue weighted by atomic mass is 16.2. The molecule has 110 valence electrons. The number of hydrogen-bond acceptors (Lipinski definition) is 3. The van der Waals surface area contributed by atoms with Crippen LogP contribution in [-0.2, 0) is 22.4 Å². The molecule has 1 aromatic carbocycles. The lowest BCUT2D eigenvalue weighted by atomic mass is 9.78. The maximum absolute atomic E-state index is 12.6. The van der Waals surface area contributed by atoms with Gasteiger partial charge in [-0.3, -0.25) is 14.5 Å². The van der Waals surface area contributed by atoms with Gasteiger partial charge in [0.25, 0.3) is 5.91 Å². The van der Waals surface area contributed by atoms with Gasteiger partial charge in [0.05, 0.1) is 0 Å². The number of likely N-dealkylation sites (N-methyl/N-ethyl adjacent to an activating group) is 1. The Bertz CT molecular complexity index is 628. The lowest BCUT2D eigenvalue weighted by Crippen LogP contribution is -2.51. The zero-order valence-corrected chi connectivity index (χ0v) is 11.8. The first-order chi connectivity index (χ1) is 10.1. The molecule has 1 spiro atoms. The summed E-state index contributed by atoms with van der Waals surface area (Å²) in [7, 11) is 1.48. The molecule has 0 saturated carbocycles. The molecule has 1 atom stereocenters. The van der Waals surface area contributed by atoms with Gasteiger partial charge in [0.15, 0.2) is 0 Å². The fourth-order valence-corrected chi connectivity index (χ4v) is 3.07. The quantitative estimate of drug-likeness (QED) is 0.763. The van der Waals surface area contributed by atoms with Crippen molar-refractivity contribution in [3.8, 4) is 0 Å². The summed E-state index contributed by atoms with van der Waals surface area (Å²) in [5, 5.41) is 5.22. The van der Waals surface area contributed by atoms with E-state index >= 15 is 0 Å². The Hall–Kier alpha value is -2.37. The van der Waals surface area contributed by atoms with Crippen LogP contribution >= 0.6 is 0 Å². The number of imide groups is 1. The van der Waals surface area contributed by atoms with Crippen molar-refractivity contribution >= 4 is 17.8 Å². The van der Waals surface area contributed by atoms with Crippen LogP contribution in [0.2, 0.25) is 0 Å². The number of hydrogen-bond donors (Lipinski definition) is 2. The molecule has 2 aliphatic rings.